The lowest BCUT2D eigenvalue weighted by molar-refractivity contribution is -0.122. The van der Waals surface area contributed by atoms with Crippen molar-refractivity contribution in [2.45, 2.75) is 60.4 Å². The minimum absolute atomic E-state index is 0. The monoisotopic (exact) mass is 1190 g/mol. The van der Waals surface area contributed by atoms with E-state index in [2.05, 4.69) is 10.6 Å². The number of anilines is 4. The van der Waals surface area contributed by atoms with Crippen LogP contribution >= 0.6 is 46.4 Å². The first-order valence-corrected chi connectivity index (χ1v) is 29.2. The molecule has 10 rings (SSSR count). The molecular formula is C56H56Cl4N6O11S2. The molecule has 4 aliphatic heterocycles. The molecule has 0 saturated heterocycles. The van der Waals surface area contributed by atoms with Gasteiger partial charge in [-0.3, -0.25) is 29.8 Å². The smallest absolute Gasteiger partial charge is 0.270 e. The second-order valence-electron chi connectivity index (χ2n) is 18.9. The number of sulfonamides is 2. The molecule has 0 aliphatic carbocycles. The largest absolute Gasteiger partial charge is 0.412 e. The van der Waals surface area contributed by atoms with Crippen LogP contribution in [0.3, 0.4) is 0 Å². The number of benzene rings is 6. The van der Waals surface area contributed by atoms with Crippen molar-refractivity contribution < 1.29 is 51.0 Å². The van der Waals surface area contributed by atoms with E-state index in [4.69, 9.17) is 55.9 Å². The van der Waals surface area contributed by atoms with Gasteiger partial charge in [0, 0.05) is 108 Å². The van der Waals surface area contributed by atoms with Crippen LogP contribution in [0.25, 0.3) is 0 Å². The van der Waals surface area contributed by atoms with E-state index >= 15 is 0 Å². The Hall–Kier alpha value is -5.94. The van der Waals surface area contributed by atoms with Crippen molar-refractivity contribution in [3.05, 3.63) is 175 Å². The fourth-order valence-corrected chi connectivity index (χ4v) is 14.6. The lowest BCUT2D eigenvalue weighted by atomic mass is 9.83. The van der Waals surface area contributed by atoms with Crippen LogP contribution in [0.2, 0.25) is 20.1 Å². The Morgan fingerprint density at radius 1 is 0.532 bits per heavy atom. The Kier molecular flexibility index (Phi) is 17.7. The van der Waals surface area contributed by atoms with Crippen LogP contribution in [-0.2, 0) is 72.6 Å². The molecule has 23 heteroatoms. The second kappa shape index (κ2) is 23.6. The molecule has 4 N–H and O–H groups in total. The number of carbonyl (C=O) groups excluding carboxylic acids is 4. The fourth-order valence-electron chi connectivity index (χ4n) is 10.7. The maximum atomic E-state index is 14.5. The van der Waals surface area contributed by atoms with E-state index in [-0.39, 0.29) is 38.5 Å². The molecule has 0 bridgehead atoms. The summed E-state index contributed by atoms with van der Waals surface area (Å²) in [6, 6.07) is 32.3. The number of nitrogens with zero attached hydrogens (tertiary/aromatic N) is 4. The SMILES string of the molecule is COCCCNC1(c2ccccc2Cl)C(=O)N(S(=O)(=O)c2ccc3c(c2)CCN3C(C)=O)c2ccc(Cl)cc21.COCCCNC1(c2ccccc2Cl)C(=O)N(S(=O)(=O)c2ccc3c(c2)CCN3C(C)=O)c2ccc(Cl)cc21.O. The van der Waals surface area contributed by atoms with Gasteiger partial charge in [-0.25, -0.2) is 25.4 Å². The van der Waals surface area contributed by atoms with E-state index in [1.807, 2.05) is 0 Å². The van der Waals surface area contributed by atoms with E-state index < -0.39 is 42.9 Å². The van der Waals surface area contributed by atoms with E-state index in [9.17, 15) is 36.0 Å². The number of nitrogens with one attached hydrogen (secondary N) is 2. The van der Waals surface area contributed by atoms with E-state index in [0.717, 1.165) is 19.7 Å². The number of fused-ring (bicyclic) bond motifs is 4. The second-order valence-corrected chi connectivity index (χ2v) is 24.2. The molecule has 0 radical (unpaired) electrons. The van der Waals surface area contributed by atoms with Gasteiger partial charge in [-0.15, -0.1) is 0 Å². The van der Waals surface area contributed by atoms with Gasteiger partial charge in [-0.05, 0) is 135 Å². The van der Waals surface area contributed by atoms with Gasteiger partial charge >= 0.3 is 0 Å². The number of hydrogen-bond donors (Lipinski definition) is 2. The summed E-state index contributed by atoms with van der Waals surface area (Å²) in [6.07, 6.45) is 2.16. The van der Waals surface area contributed by atoms with Crippen LogP contribution in [0.1, 0.15) is 60.1 Å². The van der Waals surface area contributed by atoms with Crippen molar-refractivity contribution in [2.24, 2.45) is 0 Å². The van der Waals surface area contributed by atoms with Gasteiger partial charge in [-0.2, -0.15) is 0 Å². The van der Waals surface area contributed by atoms with Crippen molar-refractivity contribution in [1.29, 1.82) is 0 Å². The molecule has 0 fully saturated rings. The molecule has 0 saturated carbocycles. The van der Waals surface area contributed by atoms with E-state index in [1.165, 1.54) is 50.2 Å². The van der Waals surface area contributed by atoms with Crippen LogP contribution < -0.4 is 29.0 Å². The summed E-state index contributed by atoms with van der Waals surface area (Å²) in [5, 5.41) is 7.92. The summed E-state index contributed by atoms with van der Waals surface area (Å²) in [7, 11) is -5.58. The Bertz CT molecular complexity index is 3400. The summed E-state index contributed by atoms with van der Waals surface area (Å²) in [4.78, 5) is 56.1. The molecule has 2 unspecified atom stereocenters. The molecule has 4 heterocycles. The summed E-state index contributed by atoms with van der Waals surface area (Å²) >= 11 is 26.1. The van der Waals surface area contributed by atoms with E-state index in [0.29, 0.717) is 119 Å². The highest BCUT2D eigenvalue weighted by molar-refractivity contribution is 7.94. The molecule has 416 valence electrons. The number of amides is 4. The normalized spacial score (nSPS) is 18.2. The minimum atomic E-state index is -4.37. The van der Waals surface area contributed by atoms with Crippen molar-refractivity contribution >= 4 is 113 Å². The van der Waals surface area contributed by atoms with Crippen LogP contribution in [0.5, 0.6) is 0 Å². The Morgan fingerprint density at radius 2 is 0.899 bits per heavy atom. The van der Waals surface area contributed by atoms with Crippen molar-refractivity contribution in [3.8, 4) is 0 Å². The number of rotatable bonds is 16. The van der Waals surface area contributed by atoms with Gasteiger partial charge < -0.3 is 24.7 Å². The standard InChI is InChI=1S/2C28H27Cl2N3O5S.H2O/c2*1-18(34)32-14-12-19-16-21(9-11-25(19)32)39(36,37)33-26-10-8-20(29)17-23(26)28(27(33)35,31-13-5-15-38-2)22-6-3-4-7-24(22)30;/h2*3-4,6-11,16-17,31H,5,12-15H2,1-2H3;1H2. The highest BCUT2D eigenvalue weighted by atomic mass is 35.5. The maximum absolute atomic E-state index is 14.5. The van der Waals surface area contributed by atoms with Crippen LogP contribution in [-0.4, -0.2) is 99.6 Å². The predicted octanol–water partition coefficient (Wildman–Crippen LogP) is 8.19. The lowest BCUT2D eigenvalue weighted by Crippen LogP contribution is -2.53. The third-order valence-electron chi connectivity index (χ3n) is 14.3. The molecule has 4 amide bonds. The molecule has 0 aromatic heterocycles. The zero-order valence-electron chi connectivity index (χ0n) is 43.3. The zero-order valence-corrected chi connectivity index (χ0v) is 48.0. The number of halogens is 4. The molecule has 0 spiro atoms. The Labute approximate surface area is 478 Å². The van der Waals surface area contributed by atoms with Gasteiger partial charge in [-0.1, -0.05) is 82.8 Å². The highest BCUT2D eigenvalue weighted by Gasteiger charge is 2.58. The van der Waals surface area contributed by atoms with E-state index in [1.54, 1.807) is 109 Å². The van der Waals surface area contributed by atoms with Crippen LogP contribution in [0.4, 0.5) is 22.7 Å². The third-order valence-corrected chi connectivity index (χ3v) is 18.8. The predicted molar refractivity (Wildman–Crippen MR) is 306 cm³/mol. The van der Waals surface area contributed by atoms with Gasteiger partial charge in [0.15, 0.2) is 11.1 Å². The molecular weight excluding hydrogens is 1140 g/mol. The van der Waals surface area contributed by atoms with Crippen molar-refractivity contribution in [1.82, 2.24) is 10.6 Å². The summed E-state index contributed by atoms with van der Waals surface area (Å²) in [5.41, 5.74) is 1.57. The first-order valence-electron chi connectivity index (χ1n) is 24.8. The van der Waals surface area contributed by atoms with Crippen molar-refractivity contribution in [3.63, 3.8) is 0 Å². The number of carbonyl (C=O) groups is 4. The first-order chi connectivity index (χ1) is 37.2. The molecule has 2 atom stereocenters. The third kappa shape index (κ3) is 10.4. The quantitative estimate of drug-likeness (QED) is 0.0876. The topological polar surface area (TPSA) is 224 Å². The summed E-state index contributed by atoms with van der Waals surface area (Å²) in [6.45, 7) is 5.44. The summed E-state index contributed by atoms with van der Waals surface area (Å²) in [5.74, 6) is -1.66. The highest BCUT2D eigenvalue weighted by Crippen LogP contribution is 2.51. The molecule has 79 heavy (non-hydrogen) atoms. The molecule has 6 aromatic rings. The Balaban J connectivity index is 0.000000205. The molecule has 4 aliphatic rings. The summed E-state index contributed by atoms with van der Waals surface area (Å²) < 4.78 is 68.8. The zero-order chi connectivity index (χ0) is 55.9. The van der Waals surface area contributed by atoms with Crippen LogP contribution in [0, 0.1) is 0 Å². The number of ether oxygens (including phenoxy) is 2. The van der Waals surface area contributed by atoms with Crippen LogP contribution in [0.15, 0.2) is 131 Å². The number of methoxy groups -OCH3 is 2. The molecule has 17 nitrogen and oxygen atoms in total. The minimum Gasteiger partial charge on any atom is -0.412 e. The Morgan fingerprint density at radius 3 is 1.25 bits per heavy atom. The van der Waals surface area contributed by atoms with Gasteiger partial charge in [0.2, 0.25) is 11.8 Å². The van der Waals surface area contributed by atoms with Gasteiger partial charge in [0.25, 0.3) is 31.9 Å². The first kappa shape index (κ1) is 59.2. The van der Waals surface area contributed by atoms with Gasteiger partial charge in [0.05, 0.1) is 21.2 Å². The number of hydrogen-bond acceptors (Lipinski definition) is 12. The van der Waals surface area contributed by atoms with Crippen molar-refractivity contribution in [2.75, 3.05) is 72.0 Å². The molecule has 6 aromatic carbocycles. The average Bonchev–Trinajstić information content (AvgIpc) is 4.17. The lowest BCUT2D eigenvalue weighted by Gasteiger charge is -2.31. The average molecular weight is 1200 g/mol. The van der Waals surface area contributed by atoms with Gasteiger partial charge in [0.1, 0.15) is 0 Å². The maximum Gasteiger partial charge on any atom is 0.270 e. The fraction of sp³-hybridized carbons (Fsp3) is 0.286.